The molecule has 6 heteroatoms. The fourth-order valence-corrected chi connectivity index (χ4v) is 2.81. The first-order chi connectivity index (χ1) is 13.9. The molecule has 0 saturated heterocycles. The molecule has 0 saturated carbocycles. The lowest BCUT2D eigenvalue weighted by Gasteiger charge is -2.10. The number of carbonyl (C=O) groups excluding carboxylic acids is 3. The van der Waals surface area contributed by atoms with E-state index in [4.69, 9.17) is 0 Å². The van der Waals surface area contributed by atoms with Crippen LogP contribution in [0.5, 0.6) is 0 Å². The van der Waals surface area contributed by atoms with Crippen LogP contribution >= 0.6 is 0 Å². The molecule has 6 nitrogen and oxygen atoms in total. The summed E-state index contributed by atoms with van der Waals surface area (Å²) >= 11 is 0. The summed E-state index contributed by atoms with van der Waals surface area (Å²) in [6, 6.07) is 20.8. The zero-order valence-electron chi connectivity index (χ0n) is 16.2. The van der Waals surface area contributed by atoms with E-state index in [0.29, 0.717) is 28.2 Å². The minimum Gasteiger partial charge on any atom is -0.326 e. The molecule has 3 rings (SSSR count). The molecule has 0 aliphatic heterocycles. The van der Waals surface area contributed by atoms with Crippen molar-refractivity contribution in [3.63, 3.8) is 0 Å². The maximum absolute atomic E-state index is 12.6. The van der Waals surface area contributed by atoms with Gasteiger partial charge in [-0.15, -0.1) is 0 Å². The van der Waals surface area contributed by atoms with E-state index in [0.717, 1.165) is 5.56 Å². The minimum atomic E-state index is -0.352. The molecule has 0 fully saturated rings. The molecule has 29 heavy (non-hydrogen) atoms. The van der Waals surface area contributed by atoms with Gasteiger partial charge in [-0.25, -0.2) is 0 Å². The maximum Gasteiger partial charge on any atom is 0.255 e. The lowest BCUT2D eigenvalue weighted by Crippen LogP contribution is -2.15. The molecule has 0 aliphatic carbocycles. The van der Waals surface area contributed by atoms with E-state index in [1.807, 2.05) is 31.2 Å². The van der Waals surface area contributed by atoms with Gasteiger partial charge >= 0.3 is 0 Å². The first-order valence-corrected chi connectivity index (χ1v) is 9.08. The first-order valence-electron chi connectivity index (χ1n) is 9.08. The van der Waals surface area contributed by atoms with E-state index in [1.54, 1.807) is 42.5 Å². The summed E-state index contributed by atoms with van der Waals surface area (Å²) in [6.45, 7) is 3.36. The van der Waals surface area contributed by atoms with Crippen molar-refractivity contribution in [1.29, 1.82) is 0 Å². The second-order valence-electron chi connectivity index (χ2n) is 6.62. The van der Waals surface area contributed by atoms with Crippen molar-refractivity contribution in [2.24, 2.45) is 0 Å². The molecule has 0 radical (unpaired) electrons. The molecular formula is C23H21N3O3. The molecule has 3 aromatic carbocycles. The van der Waals surface area contributed by atoms with E-state index in [2.05, 4.69) is 16.0 Å². The van der Waals surface area contributed by atoms with Gasteiger partial charge in [0.1, 0.15) is 0 Å². The summed E-state index contributed by atoms with van der Waals surface area (Å²) in [7, 11) is 0. The van der Waals surface area contributed by atoms with Gasteiger partial charge in [0.15, 0.2) is 0 Å². The van der Waals surface area contributed by atoms with Crippen molar-refractivity contribution in [2.75, 3.05) is 16.0 Å². The highest BCUT2D eigenvalue weighted by Gasteiger charge is 2.11. The molecule has 0 spiro atoms. The molecule has 3 amide bonds. The van der Waals surface area contributed by atoms with Gasteiger partial charge in [-0.2, -0.15) is 0 Å². The molecule has 0 bridgehead atoms. The molecule has 0 atom stereocenters. The number of benzene rings is 3. The Hall–Kier alpha value is -3.93. The Morgan fingerprint density at radius 1 is 0.621 bits per heavy atom. The van der Waals surface area contributed by atoms with Crippen molar-refractivity contribution < 1.29 is 14.4 Å². The van der Waals surface area contributed by atoms with Gasteiger partial charge in [-0.3, -0.25) is 14.4 Å². The monoisotopic (exact) mass is 387 g/mol. The van der Waals surface area contributed by atoms with Crippen LogP contribution in [0.25, 0.3) is 0 Å². The van der Waals surface area contributed by atoms with Crippen molar-refractivity contribution >= 4 is 34.8 Å². The van der Waals surface area contributed by atoms with E-state index < -0.39 is 0 Å². The predicted molar refractivity (Wildman–Crippen MR) is 114 cm³/mol. The predicted octanol–water partition coefficient (Wildman–Crippen LogP) is 4.46. The van der Waals surface area contributed by atoms with Crippen LogP contribution in [0, 0.1) is 6.92 Å². The molecule has 0 aromatic heterocycles. The summed E-state index contributed by atoms with van der Waals surface area (Å²) in [4.78, 5) is 36.3. The standard InChI is InChI=1S/C23H21N3O3/c1-15-6-3-9-19(12-15)25-22(28)17-7-4-8-18(13-17)23(29)26-21-11-5-10-20(14-21)24-16(2)27/h3-14H,1-2H3,(H,24,27)(H,25,28)(H,26,29). The quantitative estimate of drug-likeness (QED) is 0.604. The minimum absolute atomic E-state index is 0.194. The number of rotatable bonds is 5. The molecule has 0 unspecified atom stereocenters. The zero-order chi connectivity index (χ0) is 20.8. The SMILES string of the molecule is CC(=O)Nc1cccc(NC(=O)c2cccc(C(=O)Nc3cccc(C)c3)c2)c1. The molecule has 3 N–H and O–H groups in total. The summed E-state index contributed by atoms with van der Waals surface area (Å²) in [5, 5.41) is 8.27. The van der Waals surface area contributed by atoms with Crippen LogP contribution < -0.4 is 16.0 Å². The average molecular weight is 387 g/mol. The highest BCUT2D eigenvalue weighted by atomic mass is 16.2. The summed E-state index contributed by atoms with van der Waals surface area (Å²) in [5.41, 5.74) is 3.59. The van der Waals surface area contributed by atoms with E-state index in [1.165, 1.54) is 13.0 Å². The van der Waals surface area contributed by atoms with Gasteiger partial charge in [-0.05, 0) is 61.0 Å². The number of hydrogen-bond donors (Lipinski definition) is 3. The van der Waals surface area contributed by atoms with Gasteiger partial charge in [0, 0.05) is 35.1 Å². The van der Waals surface area contributed by atoms with Gasteiger partial charge in [0.2, 0.25) is 5.91 Å². The Bertz CT molecular complexity index is 1080. The fraction of sp³-hybridized carbons (Fsp3) is 0.0870. The highest BCUT2D eigenvalue weighted by Crippen LogP contribution is 2.17. The smallest absolute Gasteiger partial charge is 0.255 e. The van der Waals surface area contributed by atoms with Crippen LogP contribution in [0.15, 0.2) is 72.8 Å². The van der Waals surface area contributed by atoms with Crippen LogP contribution in [0.4, 0.5) is 17.1 Å². The van der Waals surface area contributed by atoms with Crippen molar-refractivity contribution in [1.82, 2.24) is 0 Å². The lowest BCUT2D eigenvalue weighted by atomic mass is 10.1. The molecular weight excluding hydrogens is 366 g/mol. The Morgan fingerprint density at radius 2 is 1.10 bits per heavy atom. The number of hydrogen-bond acceptors (Lipinski definition) is 3. The molecule has 3 aromatic rings. The number of nitrogens with one attached hydrogen (secondary N) is 3. The van der Waals surface area contributed by atoms with Crippen LogP contribution in [-0.2, 0) is 4.79 Å². The summed E-state index contributed by atoms with van der Waals surface area (Å²) in [5.74, 6) is -0.839. The number of anilines is 3. The Balaban J connectivity index is 1.72. The first kappa shape index (κ1) is 19.8. The second kappa shape index (κ2) is 8.84. The number of amides is 3. The van der Waals surface area contributed by atoms with Gasteiger partial charge in [0.05, 0.1) is 0 Å². The van der Waals surface area contributed by atoms with E-state index in [-0.39, 0.29) is 17.7 Å². The third-order valence-corrected chi connectivity index (χ3v) is 4.10. The van der Waals surface area contributed by atoms with Crippen molar-refractivity contribution in [2.45, 2.75) is 13.8 Å². The zero-order valence-corrected chi connectivity index (χ0v) is 16.2. The number of aryl methyl sites for hydroxylation is 1. The average Bonchev–Trinajstić information content (AvgIpc) is 2.68. The fourth-order valence-electron chi connectivity index (χ4n) is 2.81. The lowest BCUT2D eigenvalue weighted by molar-refractivity contribution is -0.114. The number of carbonyl (C=O) groups is 3. The van der Waals surface area contributed by atoms with Crippen LogP contribution in [0.2, 0.25) is 0 Å². The van der Waals surface area contributed by atoms with Crippen molar-refractivity contribution in [3.8, 4) is 0 Å². The summed E-state index contributed by atoms with van der Waals surface area (Å²) < 4.78 is 0. The summed E-state index contributed by atoms with van der Waals surface area (Å²) in [6.07, 6.45) is 0. The third-order valence-electron chi connectivity index (χ3n) is 4.10. The Labute approximate surface area is 169 Å². The molecule has 0 aliphatic rings. The highest BCUT2D eigenvalue weighted by molar-refractivity contribution is 6.09. The van der Waals surface area contributed by atoms with Gasteiger partial charge in [0.25, 0.3) is 11.8 Å². The van der Waals surface area contributed by atoms with Crippen LogP contribution in [0.3, 0.4) is 0 Å². The third kappa shape index (κ3) is 5.52. The normalized spacial score (nSPS) is 10.1. The molecule has 0 heterocycles. The van der Waals surface area contributed by atoms with Crippen LogP contribution in [-0.4, -0.2) is 17.7 Å². The van der Waals surface area contributed by atoms with E-state index in [9.17, 15) is 14.4 Å². The maximum atomic E-state index is 12.6. The van der Waals surface area contributed by atoms with Gasteiger partial charge in [-0.1, -0.05) is 24.3 Å². The van der Waals surface area contributed by atoms with E-state index >= 15 is 0 Å². The topological polar surface area (TPSA) is 87.3 Å². The largest absolute Gasteiger partial charge is 0.326 e. The van der Waals surface area contributed by atoms with Crippen molar-refractivity contribution in [3.05, 3.63) is 89.5 Å². The Morgan fingerprint density at radius 3 is 1.66 bits per heavy atom. The second-order valence-corrected chi connectivity index (χ2v) is 6.62. The molecule has 146 valence electrons. The Kier molecular flexibility index (Phi) is 6.04. The van der Waals surface area contributed by atoms with Crippen LogP contribution in [0.1, 0.15) is 33.2 Å². The van der Waals surface area contributed by atoms with Gasteiger partial charge < -0.3 is 16.0 Å².